The maximum absolute atomic E-state index is 4.95. The summed E-state index contributed by atoms with van der Waals surface area (Å²) in [5, 5.41) is 3.48. The van der Waals surface area contributed by atoms with Crippen molar-refractivity contribution in [1.82, 2.24) is 24.8 Å². The van der Waals surface area contributed by atoms with E-state index < -0.39 is 0 Å². The Labute approximate surface area is 138 Å². The van der Waals surface area contributed by atoms with Crippen molar-refractivity contribution in [3.05, 3.63) is 24.2 Å². The van der Waals surface area contributed by atoms with Crippen LogP contribution in [0.3, 0.4) is 0 Å². The SMILES string of the molecule is CCN1CCCC(Cn2c(C3CCNC3)nc3cccnc32)C1. The van der Waals surface area contributed by atoms with E-state index in [0.29, 0.717) is 5.92 Å². The maximum atomic E-state index is 4.95. The maximum Gasteiger partial charge on any atom is 0.160 e. The topological polar surface area (TPSA) is 46.0 Å². The second-order valence-corrected chi connectivity index (χ2v) is 7.02. The van der Waals surface area contributed by atoms with Crippen molar-refractivity contribution in [1.29, 1.82) is 0 Å². The molecule has 4 rings (SSSR count). The van der Waals surface area contributed by atoms with Gasteiger partial charge in [0, 0.05) is 31.7 Å². The third-order valence-electron chi connectivity index (χ3n) is 5.45. The lowest BCUT2D eigenvalue weighted by molar-refractivity contribution is 0.169. The van der Waals surface area contributed by atoms with Crippen LogP contribution in [0, 0.1) is 5.92 Å². The Morgan fingerprint density at radius 2 is 2.30 bits per heavy atom. The van der Waals surface area contributed by atoms with Gasteiger partial charge in [-0.25, -0.2) is 9.97 Å². The largest absolute Gasteiger partial charge is 0.316 e. The molecule has 5 nitrogen and oxygen atoms in total. The number of piperidine rings is 1. The predicted molar refractivity (Wildman–Crippen MR) is 92.6 cm³/mol. The van der Waals surface area contributed by atoms with Crippen LogP contribution >= 0.6 is 0 Å². The summed E-state index contributed by atoms with van der Waals surface area (Å²) in [6, 6.07) is 4.10. The zero-order valence-electron chi connectivity index (χ0n) is 14.0. The smallest absolute Gasteiger partial charge is 0.160 e. The molecule has 0 amide bonds. The number of aromatic nitrogens is 3. The number of hydrogen-bond donors (Lipinski definition) is 1. The first kappa shape index (κ1) is 15.1. The monoisotopic (exact) mass is 313 g/mol. The number of nitrogens with one attached hydrogen (secondary N) is 1. The van der Waals surface area contributed by atoms with Crippen LogP contribution in [0.25, 0.3) is 11.2 Å². The first-order valence-corrected chi connectivity index (χ1v) is 9.09. The highest BCUT2D eigenvalue weighted by Gasteiger charge is 2.26. The fraction of sp³-hybridized carbons (Fsp3) is 0.667. The van der Waals surface area contributed by atoms with Crippen molar-refractivity contribution in [2.45, 2.75) is 38.6 Å². The van der Waals surface area contributed by atoms with Crippen molar-refractivity contribution in [3.8, 4) is 0 Å². The number of pyridine rings is 1. The molecule has 2 fully saturated rings. The highest BCUT2D eigenvalue weighted by Crippen LogP contribution is 2.28. The highest BCUT2D eigenvalue weighted by atomic mass is 15.2. The summed E-state index contributed by atoms with van der Waals surface area (Å²) >= 11 is 0. The van der Waals surface area contributed by atoms with Gasteiger partial charge < -0.3 is 14.8 Å². The van der Waals surface area contributed by atoms with Crippen LogP contribution in [-0.4, -0.2) is 52.2 Å². The minimum atomic E-state index is 0.537. The van der Waals surface area contributed by atoms with Gasteiger partial charge in [0.25, 0.3) is 0 Å². The molecule has 2 unspecified atom stereocenters. The lowest BCUT2D eigenvalue weighted by Gasteiger charge is -2.32. The van der Waals surface area contributed by atoms with Crippen LogP contribution < -0.4 is 5.32 Å². The van der Waals surface area contributed by atoms with E-state index in [1.807, 2.05) is 12.3 Å². The van der Waals surface area contributed by atoms with Crippen LogP contribution in [0.1, 0.15) is 37.9 Å². The number of fused-ring (bicyclic) bond motifs is 1. The fourth-order valence-electron chi connectivity index (χ4n) is 4.19. The number of imidazole rings is 1. The standard InChI is InChI=1S/C18H27N5/c1-2-22-10-4-5-14(12-22)13-23-17(15-7-9-19-11-15)21-16-6-3-8-20-18(16)23/h3,6,8,14-15,19H,2,4-5,7,9-13H2,1H3. The first-order chi connectivity index (χ1) is 11.3. The van der Waals surface area contributed by atoms with Crippen LogP contribution in [0.2, 0.25) is 0 Å². The number of hydrogen-bond acceptors (Lipinski definition) is 4. The Hall–Kier alpha value is -1.46. The molecule has 0 spiro atoms. The van der Waals surface area contributed by atoms with E-state index in [4.69, 9.17) is 4.98 Å². The van der Waals surface area contributed by atoms with Gasteiger partial charge in [0.05, 0.1) is 0 Å². The molecule has 2 saturated heterocycles. The molecule has 0 radical (unpaired) electrons. The lowest BCUT2D eigenvalue weighted by atomic mass is 9.97. The number of nitrogens with zero attached hydrogens (tertiary/aromatic N) is 4. The molecule has 2 aromatic rings. The minimum Gasteiger partial charge on any atom is -0.316 e. The van der Waals surface area contributed by atoms with Gasteiger partial charge in [-0.05, 0) is 56.9 Å². The molecule has 124 valence electrons. The van der Waals surface area contributed by atoms with Crippen LogP contribution in [0.15, 0.2) is 18.3 Å². The third kappa shape index (κ3) is 3.00. The molecule has 2 aromatic heterocycles. The van der Waals surface area contributed by atoms with Gasteiger partial charge in [0.2, 0.25) is 0 Å². The summed E-state index contributed by atoms with van der Waals surface area (Å²) in [5.41, 5.74) is 2.13. The molecule has 0 aliphatic carbocycles. The fourth-order valence-corrected chi connectivity index (χ4v) is 4.19. The normalized spacial score (nSPS) is 26.1. The van der Waals surface area contributed by atoms with Crippen LogP contribution in [-0.2, 0) is 6.54 Å². The van der Waals surface area contributed by atoms with E-state index in [2.05, 4.69) is 32.8 Å². The van der Waals surface area contributed by atoms with Crippen molar-refractivity contribution >= 4 is 11.2 Å². The van der Waals surface area contributed by atoms with Crippen molar-refractivity contribution in [2.24, 2.45) is 5.92 Å². The molecule has 0 bridgehead atoms. The Morgan fingerprint density at radius 3 is 3.13 bits per heavy atom. The molecule has 2 aliphatic heterocycles. The molecule has 2 aliphatic rings. The van der Waals surface area contributed by atoms with Gasteiger partial charge in [-0.15, -0.1) is 0 Å². The van der Waals surface area contributed by atoms with Crippen molar-refractivity contribution in [3.63, 3.8) is 0 Å². The molecule has 5 heteroatoms. The average Bonchev–Trinajstić information content (AvgIpc) is 3.23. The van der Waals surface area contributed by atoms with Crippen LogP contribution in [0.4, 0.5) is 0 Å². The van der Waals surface area contributed by atoms with Gasteiger partial charge in [0.1, 0.15) is 11.3 Å². The van der Waals surface area contributed by atoms with Crippen molar-refractivity contribution in [2.75, 3.05) is 32.7 Å². The zero-order chi connectivity index (χ0) is 15.6. The summed E-state index contributed by atoms with van der Waals surface area (Å²) < 4.78 is 2.43. The molecular formula is C18H27N5. The second-order valence-electron chi connectivity index (χ2n) is 7.02. The molecule has 23 heavy (non-hydrogen) atoms. The van der Waals surface area contributed by atoms with E-state index >= 15 is 0 Å². The summed E-state index contributed by atoms with van der Waals surface area (Å²) in [6.07, 6.45) is 5.73. The van der Waals surface area contributed by atoms with E-state index in [1.54, 1.807) is 0 Å². The molecule has 0 saturated carbocycles. The van der Waals surface area contributed by atoms with Gasteiger partial charge in [-0.2, -0.15) is 0 Å². The molecule has 4 heterocycles. The summed E-state index contributed by atoms with van der Waals surface area (Å²) in [6.45, 7) is 9.13. The average molecular weight is 313 g/mol. The van der Waals surface area contributed by atoms with E-state index in [9.17, 15) is 0 Å². The van der Waals surface area contributed by atoms with Crippen LogP contribution in [0.5, 0.6) is 0 Å². The van der Waals surface area contributed by atoms with Gasteiger partial charge in [0.15, 0.2) is 5.65 Å². The molecular weight excluding hydrogens is 286 g/mol. The summed E-state index contributed by atoms with van der Waals surface area (Å²) in [5.74, 6) is 2.50. The third-order valence-corrected chi connectivity index (χ3v) is 5.45. The van der Waals surface area contributed by atoms with E-state index in [-0.39, 0.29) is 0 Å². The van der Waals surface area contributed by atoms with Gasteiger partial charge >= 0.3 is 0 Å². The summed E-state index contributed by atoms with van der Waals surface area (Å²) in [7, 11) is 0. The second kappa shape index (κ2) is 6.57. The molecule has 2 atom stereocenters. The molecule has 0 aromatic carbocycles. The number of likely N-dealkylation sites (tertiary alicyclic amines) is 1. The number of rotatable bonds is 4. The lowest BCUT2D eigenvalue weighted by Crippen LogP contribution is -2.37. The Morgan fingerprint density at radius 1 is 1.35 bits per heavy atom. The summed E-state index contributed by atoms with van der Waals surface area (Å²) in [4.78, 5) is 12.2. The first-order valence-electron chi connectivity index (χ1n) is 9.09. The van der Waals surface area contributed by atoms with Gasteiger partial charge in [-0.1, -0.05) is 6.92 Å². The molecule has 1 N–H and O–H groups in total. The van der Waals surface area contributed by atoms with E-state index in [1.165, 1.54) is 44.7 Å². The van der Waals surface area contributed by atoms with E-state index in [0.717, 1.165) is 36.7 Å². The predicted octanol–water partition coefficient (Wildman–Crippen LogP) is 2.24. The minimum absolute atomic E-state index is 0.537. The zero-order valence-corrected chi connectivity index (χ0v) is 14.0. The Kier molecular flexibility index (Phi) is 4.31. The van der Waals surface area contributed by atoms with Gasteiger partial charge in [-0.3, -0.25) is 0 Å². The van der Waals surface area contributed by atoms with Crippen molar-refractivity contribution < 1.29 is 0 Å². The highest BCUT2D eigenvalue weighted by molar-refractivity contribution is 5.71. The quantitative estimate of drug-likeness (QED) is 0.940. The Balaban J connectivity index is 1.65. The Bertz CT molecular complexity index is 658.